The molecule has 130 valence electrons. The van der Waals surface area contributed by atoms with Crippen LogP contribution in [0.15, 0.2) is 30.3 Å². The Morgan fingerprint density at radius 3 is 2.46 bits per heavy atom. The third-order valence-corrected chi connectivity index (χ3v) is 6.32. The first-order valence-corrected chi connectivity index (χ1v) is 9.37. The van der Waals surface area contributed by atoms with Gasteiger partial charge in [-0.05, 0) is 24.3 Å². The highest BCUT2D eigenvalue weighted by Crippen LogP contribution is 2.46. The van der Waals surface area contributed by atoms with Gasteiger partial charge in [0.25, 0.3) is 0 Å². The molecule has 0 bridgehead atoms. The first kappa shape index (κ1) is 16.1. The number of hydrogen-bond donors (Lipinski definition) is 0. The molecule has 4 rings (SSSR count). The number of morpholine rings is 1. The van der Waals surface area contributed by atoms with Crippen LogP contribution in [0.2, 0.25) is 0 Å². The van der Waals surface area contributed by atoms with Gasteiger partial charge in [0, 0.05) is 32.2 Å². The van der Waals surface area contributed by atoms with Crippen molar-refractivity contribution in [3.05, 3.63) is 35.9 Å². The minimum absolute atomic E-state index is 0.249. The van der Waals surface area contributed by atoms with Gasteiger partial charge in [-0.1, -0.05) is 43.7 Å². The molecule has 24 heavy (non-hydrogen) atoms. The Morgan fingerprint density at radius 1 is 1.12 bits per heavy atom. The molecule has 1 aliphatic carbocycles. The maximum absolute atomic E-state index is 13.4. The summed E-state index contributed by atoms with van der Waals surface area (Å²) in [6, 6.07) is 10.9. The number of hydrogen-bond acceptors (Lipinski definition) is 3. The molecule has 1 saturated carbocycles. The lowest BCUT2D eigenvalue weighted by atomic mass is 9.63. The average Bonchev–Trinajstić information content (AvgIpc) is 2.97. The highest BCUT2D eigenvalue weighted by molar-refractivity contribution is 5.89. The second kappa shape index (κ2) is 6.49. The highest BCUT2D eigenvalue weighted by Gasteiger charge is 2.50. The molecule has 0 radical (unpaired) electrons. The molecular formula is C20H28N2O2. The molecule has 2 aliphatic heterocycles. The average molecular weight is 328 g/mol. The van der Waals surface area contributed by atoms with Gasteiger partial charge in [-0.25, -0.2) is 0 Å². The largest absolute Gasteiger partial charge is 0.379 e. The minimum atomic E-state index is -0.249. The maximum atomic E-state index is 13.4. The lowest BCUT2D eigenvalue weighted by Gasteiger charge is -2.43. The summed E-state index contributed by atoms with van der Waals surface area (Å²) < 4.78 is 5.49. The van der Waals surface area contributed by atoms with Crippen LogP contribution in [0.4, 0.5) is 0 Å². The summed E-state index contributed by atoms with van der Waals surface area (Å²) in [5.41, 5.74) is 0.963. The molecule has 1 amide bonds. The van der Waals surface area contributed by atoms with Crippen molar-refractivity contribution in [2.75, 3.05) is 39.4 Å². The zero-order valence-electron chi connectivity index (χ0n) is 14.6. The van der Waals surface area contributed by atoms with Gasteiger partial charge in [-0.3, -0.25) is 9.69 Å². The predicted molar refractivity (Wildman–Crippen MR) is 93.9 cm³/mol. The Balaban J connectivity index is 1.50. The smallest absolute Gasteiger partial charge is 0.233 e. The topological polar surface area (TPSA) is 32.8 Å². The van der Waals surface area contributed by atoms with Gasteiger partial charge in [-0.2, -0.15) is 0 Å². The summed E-state index contributed by atoms with van der Waals surface area (Å²) in [4.78, 5) is 18.1. The molecule has 3 fully saturated rings. The van der Waals surface area contributed by atoms with Gasteiger partial charge in [0.2, 0.25) is 5.91 Å². The molecule has 3 aliphatic rings. The fourth-order valence-corrected chi connectivity index (χ4v) is 4.72. The second-order valence-corrected chi connectivity index (χ2v) is 7.70. The van der Waals surface area contributed by atoms with Crippen molar-refractivity contribution in [3.63, 3.8) is 0 Å². The second-order valence-electron chi connectivity index (χ2n) is 7.70. The summed E-state index contributed by atoms with van der Waals surface area (Å²) >= 11 is 0. The molecule has 0 aromatic heterocycles. The third-order valence-electron chi connectivity index (χ3n) is 6.32. The molecule has 2 heterocycles. The zero-order valence-corrected chi connectivity index (χ0v) is 14.6. The number of carbonyl (C=O) groups is 1. The van der Waals surface area contributed by atoms with E-state index in [-0.39, 0.29) is 5.41 Å². The van der Waals surface area contributed by atoms with Crippen LogP contribution in [-0.2, 0) is 14.9 Å². The van der Waals surface area contributed by atoms with Crippen LogP contribution in [0.5, 0.6) is 0 Å². The van der Waals surface area contributed by atoms with E-state index in [9.17, 15) is 4.79 Å². The molecule has 1 aromatic rings. The van der Waals surface area contributed by atoms with E-state index in [2.05, 4.69) is 41.0 Å². The third kappa shape index (κ3) is 2.66. The van der Waals surface area contributed by atoms with Crippen LogP contribution in [0.1, 0.15) is 31.7 Å². The van der Waals surface area contributed by atoms with Crippen LogP contribution in [0.25, 0.3) is 0 Å². The van der Waals surface area contributed by atoms with E-state index in [0.29, 0.717) is 17.9 Å². The van der Waals surface area contributed by atoms with Gasteiger partial charge >= 0.3 is 0 Å². The van der Waals surface area contributed by atoms with Crippen molar-refractivity contribution in [3.8, 4) is 0 Å². The summed E-state index contributed by atoms with van der Waals surface area (Å²) in [6.45, 7) is 7.73. The Morgan fingerprint density at radius 2 is 1.83 bits per heavy atom. The Labute approximate surface area is 144 Å². The minimum Gasteiger partial charge on any atom is -0.379 e. The van der Waals surface area contributed by atoms with Crippen molar-refractivity contribution >= 4 is 5.91 Å². The van der Waals surface area contributed by atoms with E-state index in [1.165, 1.54) is 5.56 Å². The maximum Gasteiger partial charge on any atom is 0.233 e. The number of ether oxygens (including phenoxy) is 1. The lowest BCUT2D eigenvalue weighted by Crippen LogP contribution is -2.51. The van der Waals surface area contributed by atoms with Gasteiger partial charge in [0.05, 0.1) is 18.6 Å². The molecule has 2 saturated heterocycles. The molecular weight excluding hydrogens is 300 g/mol. The molecule has 4 nitrogen and oxygen atoms in total. The Hall–Kier alpha value is -1.39. The van der Waals surface area contributed by atoms with Crippen molar-refractivity contribution in [2.45, 2.75) is 37.6 Å². The molecule has 2 atom stereocenters. The number of amides is 1. The van der Waals surface area contributed by atoms with Crippen LogP contribution in [-0.4, -0.2) is 61.1 Å². The van der Waals surface area contributed by atoms with Crippen LogP contribution in [0, 0.1) is 5.92 Å². The number of benzene rings is 1. The number of carbonyl (C=O) groups excluding carboxylic acids is 1. The van der Waals surface area contributed by atoms with Gasteiger partial charge < -0.3 is 9.64 Å². The van der Waals surface area contributed by atoms with Gasteiger partial charge in [0.15, 0.2) is 0 Å². The highest BCUT2D eigenvalue weighted by atomic mass is 16.5. The molecule has 0 N–H and O–H groups in total. The summed E-state index contributed by atoms with van der Waals surface area (Å²) in [5.74, 6) is 0.905. The first-order chi connectivity index (χ1) is 11.7. The van der Waals surface area contributed by atoms with E-state index in [1.54, 1.807) is 0 Å². The van der Waals surface area contributed by atoms with Crippen LogP contribution in [0.3, 0.4) is 0 Å². The van der Waals surface area contributed by atoms with Crippen molar-refractivity contribution in [1.29, 1.82) is 0 Å². The van der Waals surface area contributed by atoms with E-state index in [1.807, 2.05) is 6.07 Å². The summed E-state index contributed by atoms with van der Waals surface area (Å²) in [6.07, 6.45) is 3.17. The molecule has 0 spiro atoms. The van der Waals surface area contributed by atoms with E-state index >= 15 is 0 Å². The molecule has 4 heteroatoms. The quantitative estimate of drug-likeness (QED) is 0.853. The molecule has 1 aromatic carbocycles. The van der Waals surface area contributed by atoms with Crippen molar-refractivity contribution < 1.29 is 9.53 Å². The Kier molecular flexibility index (Phi) is 4.35. The van der Waals surface area contributed by atoms with Gasteiger partial charge in [-0.15, -0.1) is 0 Å². The standard InChI is InChI=1S/C20H28N2O2/c1-16-14-22(15-18(16)21-10-12-24-13-11-21)19(23)20(8-5-9-20)17-6-3-2-4-7-17/h2-4,6-7,16,18H,5,8-15H2,1H3/t16-,18-/m0/s1. The van der Waals surface area contributed by atoms with E-state index in [4.69, 9.17) is 4.74 Å². The first-order valence-electron chi connectivity index (χ1n) is 9.37. The monoisotopic (exact) mass is 328 g/mol. The SMILES string of the molecule is C[C@H]1CN(C(=O)C2(c3ccccc3)CCC2)C[C@@H]1N1CCOCC1. The summed E-state index contributed by atoms with van der Waals surface area (Å²) in [7, 11) is 0. The fourth-order valence-electron chi connectivity index (χ4n) is 4.72. The number of likely N-dealkylation sites (tertiary alicyclic amines) is 1. The Bertz CT molecular complexity index is 579. The number of nitrogens with zero attached hydrogens (tertiary/aromatic N) is 2. The summed E-state index contributed by atoms with van der Waals surface area (Å²) in [5, 5.41) is 0. The zero-order chi connectivity index (χ0) is 16.6. The van der Waals surface area contributed by atoms with E-state index < -0.39 is 0 Å². The molecule has 0 unspecified atom stereocenters. The number of rotatable bonds is 3. The van der Waals surface area contributed by atoms with E-state index in [0.717, 1.165) is 58.7 Å². The van der Waals surface area contributed by atoms with Crippen molar-refractivity contribution in [2.24, 2.45) is 5.92 Å². The predicted octanol–water partition coefficient (Wildman–Crippen LogP) is 2.29. The normalized spacial score (nSPS) is 30.1. The lowest BCUT2D eigenvalue weighted by molar-refractivity contribution is -0.140. The van der Waals surface area contributed by atoms with Crippen LogP contribution < -0.4 is 0 Å². The fraction of sp³-hybridized carbons (Fsp3) is 0.650. The van der Waals surface area contributed by atoms with Crippen LogP contribution >= 0.6 is 0 Å². The van der Waals surface area contributed by atoms with Gasteiger partial charge in [0.1, 0.15) is 0 Å². The van der Waals surface area contributed by atoms with Crippen molar-refractivity contribution in [1.82, 2.24) is 9.80 Å².